The van der Waals surface area contributed by atoms with Crippen LogP contribution in [0.15, 0.2) is 4.99 Å². The van der Waals surface area contributed by atoms with E-state index in [0.717, 1.165) is 26.1 Å². The number of ether oxygens (including phenoxy) is 1. The molecule has 1 rings (SSSR count). The quantitative estimate of drug-likeness (QED) is 0.537. The van der Waals surface area contributed by atoms with Gasteiger partial charge in [0.05, 0.1) is 6.10 Å². The molecule has 1 heterocycles. The van der Waals surface area contributed by atoms with Crippen LogP contribution in [0.25, 0.3) is 0 Å². The van der Waals surface area contributed by atoms with Crippen LogP contribution in [0.5, 0.6) is 0 Å². The molecule has 14 heavy (non-hydrogen) atoms. The summed E-state index contributed by atoms with van der Waals surface area (Å²) >= 11 is 0. The first kappa shape index (κ1) is 11.3. The number of guanidine groups is 1. The molecule has 1 aliphatic rings. The lowest BCUT2D eigenvalue weighted by molar-refractivity contribution is 0.114. The van der Waals surface area contributed by atoms with Crippen LogP contribution in [-0.2, 0) is 4.74 Å². The number of hydrogen-bond acceptors (Lipinski definition) is 2. The van der Waals surface area contributed by atoms with Crippen LogP contribution >= 0.6 is 0 Å². The first-order valence-corrected chi connectivity index (χ1v) is 5.21. The molecule has 0 aromatic carbocycles. The normalized spacial score (nSPS) is 23.6. The minimum atomic E-state index is 0.322. The molecule has 0 bridgehead atoms. The van der Waals surface area contributed by atoms with Gasteiger partial charge in [-0.25, -0.2) is 0 Å². The van der Waals surface area contributed by atoms with Crippen molar-refractivity contribution in [2.24, 2.45) is 16.6 Å². The van der Waals surface area contributed by atoms with E-state index in [0.29, 0.717) is 18.0 Å². The molecule has 1 unspecified atom stereocenters. The Kier molecular flexibility index (Phi) is 4.20. The monoisotopic (exact) mass is 199 g/mol. The fourth-order valence-electron chi connectivity index (χ4n) is 1.50. The van der Waals surface area contributed by atoms with Gasteiger partial charge in [0.2, 0.25) is 0 Å². The third-order valence-electron chi connectivity index (χ3n) is 2.42. The summed E-state index contributed by atoms with van der Waals surface area (Å²) in [5, 5.41) is 0. The highest BCUT2D eigenvalue weighted by Gasteiger charge is 2.23. The van der Waals surface area contributed by atoms with E-state index in [4.69, 9.17) is 10.5 Å². The van der Waals surface area contributed by atoms with Gasteiger partial charge in [-0.3, -0.25) is 4.99 Å². The maximum atomic E-state index is 5.86. The first-order chi connectivity index (χ1) is 6.63. The van der Waals surface area contributed by atoms with Crippen molar-refractivity contribution in [1.29, 1.82) is 0 Å². The van der Waals surface area contributed by atoms with Crippen LogP contribution in [0.2, 0.25) is 0 Å². The van der Waals surface area contributed by atoms with Crippen molar-refractivity contribution in [2.45, 2.75) is 26.4 Å². The van der Waals surface area contributed by atoms with Gasteiger partial charge >= 0.3 is 0 Å². The smallest absolute Gasteiger partial charge is 0.191 e. The van der Waals surface area contributed by atoms with Gasteiger partial charge < -0.3 is 15.4 Å². The predicted molar refractivity (Wildman–Crippen MR) is 58.3 cm³/mol. The van der Waals surface area contributed by atoms with Gasteiger partial charge in [-0.1, -0.05) is 13.8 Å². The van der Waals surface area contributed by atoms with Gasteiger partial charge in [0.15, 0.2) is 5.96 Å². The van der Waals surface area contributed by atoms with E-state index in [1.54, 1.807) is 7.11 Å². The summed E-state index contributed by atoms with van der Waals surface area (Å²) in [6.45, 7) is 6.92. The topological polar surface area (TPSA) is 50.9 Å². The summed E-state index contributed by atoms with van der Waals surface area (Å²) < 4.78 is 5.26. The molecule has 0 aliphatic carbocycles. The van der Waals surface area contributed by atoms with E-state index in [9.17, 15) is 0 Å². The number of aliphatic imine (C=N–C) groups is 1. The standard InChI is InChI=1S/C10H21N3O/c1-8(2)6-12-10(11)13-5-4-9(7-13)14-3/h8-9H,4-7H2,1-3H3,(H2,11,12). The number of likely N-dealkylation sites (tertiary alicyclic amines) is 1. The Morgan fingerprint density at radius 3 is 2.86 bits per heavy atom. The Morgan fingerprint density at radius 1 is 1.64 bits per heavy atom. The molecule has 0 radical (unpaired) electrons. The van der Waals surface area contributed by atoms with Gasteiger partial charge in [0.1, 0.15) is 0 Å². The third kappa shape index (κ3) is 3.18. The molecule has 0 amide bonds. The number of rotatable bonds is 3. The number of hydrogen-bond donors (Lipinski definition) is 1. The Hall–Kier alpha value is -0.770. The summed E-state index contributed by atoms with van der Waals surface area (Å²) in [5.41, 5.74) is 5.86. The van der Waals surface area contributed by atoms with Gasteiger partial charge in [0, 0.05) is 26.7 Å². The molecular formula is C10H21N3O. The fourth-order valence-corrected chi connectivity index (χ4v) is 1.50. The largest absolute Gasteiger partial charge is 0.380 e. The average Bonchev–Trinajstić information content (AvgIpc) is 2.62. The van der Waals surface area contributed by atoms with E-state index >= 15 is 0 Å². The second-order valence-electron chi connectivity index (χ2n) is 4.19. The van der Waals surface area contributed by atoms with Crippen molar-refractivity contribution in [2.75, 3.05) is 26.7 Å². The molecule has 4 heteroatoms. The second kappa shape index (κ2) is 5.20. The predicted octanol–water partition coefficient (Wildman–Crippen LogP) is 0.678. The number of nitrogens with two attached hydrogens (primary N) is 1. The molecule has 1 saturated heterocycles. The van der Waals surface area contributed by atoms with Crippen molar-refractivity contribution < 1.29 is 4.74 Å². The number of methoxy groups -OCH3 is 1. The zero-order chi connectivity index (χ0) is 10.6. The Labute approximate surface area is 86.1 Å². The van der Waals surface area contributed by atoms with E-state index in [-0.39, 0.29) is 0 Å². The molecule has 0 aromatic rings. The fraction of sp³-hybridized carbons (Fsp3) is 0.900. The first-order valence-electron chi connectivity index (χ1n) is 5.21. The maximum absolute atomic E-state index is 5.86. The van der Waals surface area contributed by atoms with E-state index in [1.165, 1.54) is 0 Å². The van der Waals surface area contributed by atoms with Crippen molar-refractivity contribution in [3.63, 3.8) is 0 Å². The Bertz CT molecular complexity index is 204. The summed E-state index contributed by atoms with van der Waals surface area (Å²) in [5.74, 6) is 1.23. The maximum Gasteiger partial charge on any atom is 0.191 e. The molecule has 82 valence electrons. The lowest BCUT2D eigenvalue weighted by atomic mass is 10.2. The molecule has 0 spiro atoms. The lowest BCUT2D eigenvalue weighted by Gasteiger charge is -2.17. The zero-order valence-electron chi connectivity index (χ0n) is 9.36. The molecule has 1 atom stereocenters. The van der Waals surface area contributed by atoms with Crippen LogP contribution in [0.4, 0.5) is 0 Å². The Morgan fingerprint density at radius 2 is 2.36 bits per heavy atom. The minimum Gasteiger partial charge on any atom is -0.380 e. The van der Waals surface area contributed by atoms with Crippen molar-refractivity contribution >= 4 is 5.96 Å². The molecule has 1 aliphatic heterocycles. The van der Waals surface area contributed by atoms with Crippen molar-refractivity contribution in [1.82, 2.24) is 4.90 Å². The van der Waals surface area contributed by atoms with Crippen LogP contribution in [0, 0.1) is 5.92 Å². The van der Waals surface area contributed by atoms with Gasteiger partial charge in [-0.2, -0.15) is 0 Å². The summed E-state index contributed by atoms with van der Waals surface area (Å²) in [4.78, 5) is 6.43. The molecular weight excluding hydrogens is 178 g/mol. The van der Waals surface area contributed by atoms with E-state index < -0.39 is 0 Å². The Balaban J connectivity index is 2.38. The van der Waals surface area contributed by atoms with Crippen molar-refractivity contribution in [3.8, 4) is 0 Å². The highest BCUT2D eigenvalue weighted by atomic mass is 16.5. The number of nitrogens with zero attached hydrogens (tertiary/aromatic N) is 2. The zero-order valence-corrected chi connectivity index (χ0v) is 9.36. The van der Waals surface area contributed by atoms with Crippen molar-refractivity contribution in [3.05, 3.63) is 0 Å². The van der Waals surface area contributed by atoms with Gasteiger partial charge in [-0.05, 0) is 12.3 Å². The summed E-state index contributed by atoms with van der Waals surface area (Å²) in [6, 6.07) is 0. The van der Waals surface area contributed by atoms with Crippen LogP contribution < -0.4 is 5.73 Å². The summed E-state index contributed by atoms with van der Waals surface area (Å²) in [7, 11) is 1.75. The van der Waals surface area contributed by atoms with Crippen LogP contribution in [0.1, 0.15) is 20.3 Å². The van der Waals surface area contributed by atoms with Crippen LogP contribution in [0.3, 0.4) is 0 Å². The van der Waals surface area contributed by atoms with Gasteiger partial charge in [0.25, 0.3) is 0 Å². The van der Waals surface area contributed by atoms with Gasteiger partial charge in [-0.15, -0.1) is 0 Å². The molecule has 1 fully saturated rings. The SMILES string of the molecule is COC1CCN(C(N)=NCC(C)C)C1. The molecule has 4 nitrogen and oxygen atoms in total. The molecule has 2 N–H and O–H groups in total. The highest BCUT2D eigenvalue weighted by Crippen LogP contribution is 2.11. The molecule has 0 aromatic heterocycles. The second-order valence-corrected chi connectivity index (χ2v) is 4.19. The van der Waals surface area contributed by atoms with E-state index in [1.807, 2.05) is 0 Å². The highest BCUT2D eigenvalue weighted by molar-refractivity contribution is 5.78. The summed E-state index contributed by atoms with van der Waals surface area (Å²) in [6.07, 6.45) is 1.37. The molecule has 0 saturated carbocycles. The third-order valence-corrected chi connectivity index (χ3v) is 2.42. The van der Waals surface area contributed by atoms with E-state index in [2.05, 4.69) is 23.7 Å². The van der Waals surface area contributed by atoms with Crippen LogP contribution in [-0.4, -0.2) is 43.7 Å². The lowest BCUT2D eigenvalue weighted by Crippen LogP contribution is -2.36. The minimum absolute atomic E-state index is 0.322. The average molecular weight is 199 g/mol.